The van der Waals surface area contributed by atoms with Crippen LogP contribution in [0.4, 0.5) is 4.79 Å². The van der Waals surface area contributed by atoms with Crippen molar-refractivity contribution >= 4 is 37.9 Å². The number of esters is 1. The van der Waals surface area contributed by atoms with Crippen LogP contribution in [0.2, 0.25) is 0 Å². The van der Waals surface area contributed by atoms with Crippen LogP contribution in [-0.2, 0) is 34.2 Å². The van der Waals surface area contributed by atoms with Crippen LogP contribution >= 0.6 is 0 Å². The van der Waals surface area contributed by atoms with Gasteiger partial charge in [-0.2, -0.15) is 8.42 Å². The lowest BCUT2D eigenvalue weighted by Gasteiger charge is -2.26. The van der Waals surface area contributed by atoms with Crippen molar-refractivity contribution in [1.82, 2.24) is 4.47 Å². The Morgan fingerprint density at radius 3 is 1.91 bits per heavy atom. The molecule has 0 radical (unpaired) electrons. The molecule has 2 rings (SSSR count). The van der Waals surface area contributed by atoms with Gasteiger partial charge in [0.2, 0.25) is 0 Å². The summed E-state index contributed by atoms with van der Waals surface area (Å²) in [5.41, 5.74) is -1.58. The summed E-state index contributed by atoms with van der Waals surface area (Å²) < 4.78 is 60.7. The van der Waals surface area contributed by atoms with E-state index in [2.05, 4.69) is 0 Å². The number of sulfonamides is 1. The number of para-hydroxylation sites is 1. The van der Waals surface area contributed by atoms with E-state index in [4.69, 9.17) is 14.3 Å². The van der Waals surface area contributed by atoms with Crippen LogP contribution < -0.4 is 4.74 Å². The summed E-state index contributed by atoms with van der Waals surface area (Å²) in [5.74, 6) is -2.40. The van der Waals surface area contributed by atoms with E-state index >= 15 is 0 Å². The molecule has 0 N–H and O–H groups in total. The van der Waals surface area contributed by atoms with E-state index in [-0.39, 0.29) is 15.8 Å². The number of hydrogen-bond donors (Lipinski definition) is 0. The Balaban J connectivity index is 2.62. The second-order valence-corrected chi connectivity index (χ2v) is 11.6. The van der Waals surface area contributed by atoms with Crippen molar-refractivity contribution in [2.75, 3.05) is 6.26 Å². The first-order valence-electron chi connectivity index (χ1n) is 9.61. The third-order valence-electron chi connectivity index (χ3n) is 3.81. The monoisotopic (exact) mass is 513 g/mol. The highest BCUT2D eigenvalue weighted by atomic mass is 32.2. The van der Waals surface area contributed by atoms with Gasteiger partial charge < -0.3 is 14.3 Å². The molecule has 0 spiro atoms. The van der Waals surface area contributed by atoms with Gasteiger partial charge >= 0.3 is 28.1 Å². The lowest BCUT2D eigenvalue weighted by atomic mass is 10.2. The van der Waals surface area contributed by atoms with Gasteiger partial charge in [-0.1, -0.05) is 24.3 Å². The SMILES string of the molecule is CC(=O)Oc1ccccc1C(=O)ON(C(=O)OC(C)(C)C)S(=O)(=O)c1ccccc1S(C)(=O)=O. The molecule has 11 nitrogen and oxygen atoms in total. The topological polar surface area (TPSA) is 150 Å². The van der Waals surface area contributed by atoms with Crippen molar-refractivity contribution in [3.8, 4) is 5.75 Å². The lowest BCUT2D eigenvalue weighted by molar-refractivity contribution is -0.131. The summed E-state index contributed by atoms with van der Waals surface area (Å²) in [5, 5.41) is 0. The molecule has 0 aliphatic heterocycles. The normalized spacial score (nSPS) is 11.9. The van der Waals surface area contributed by atoms with Gasteiger partial charge in [0.1, 0.15) is 21.8 Å². The summed E-state index contributed by atoms with van der Waals surface area (Å²) >= 11 is 0. The smallest absolute Gasteiger partial charge is 0.441 e. The van der Waals surface area contributed by atoms with Gasteiger partial charge in [0.15, 0.2) is 9.84 Å². The molecule has 0 bridgehead atoms. The van der Waals surface area contributed by atoms with Crippen LogP contribution in [0.1, 0.15) is 38.1 Å². The van der Waals surface area contributed by atoms with Crippen molar-refractivity contribution in [3.63, 3.8) is 0 Å². The van der Waals surface area contributed by atoms with E-state index < -0.39 is 53.3 Å². The van der Waals surface area contributed by atoms with Crippen molar-refractivity contribution in [3.05, 3.63) is 54.1 Å². The zero-order valence-electron chi connectivity index (χ0n) is 19.0. The van der Waals surface area contributed by atoms with Gasteiger partial charge in [-0.05, 0) is 49.5 Å². The van der Waals surface area contributed by atoms with Crippen molar-refractivity contribution in [1.29, 1.82) is 0 Å². The molecule has 0 aliphatic carbocycles. The highest BCUT2D eigenvalue weighted by molar-refractivity contribution is 7.93. The fourth-order valence-electron chi connectivity index (χ4n) is 2.55. The molecule has 0 saturated heterocycles. The molecular weight excluding hydrogens is 490 g/mol. The first-order valence-corrected chi connectivity index (χ1v) is 12.9. The minimum absolute atomic E-state index is 0.252. The number of hydroxylamine groups is 1. The molecule has 13 heteroatoms. The van der Waals surface area contributed by atoms with Crippen molar-refractivity contribution in [2.45, 2.75) is 43.1 Å². The third kappa shape index (κ3) is 6.54. The molecule has 0 heterocycles. The average molecular weight is 514 g/mol. The highest BCUT2D eigenvalue weighted by Gasteiger charge is 2.40. The molecule has 2 aromatic carbocycles. The van der Waals surface area contributed by atoms with Crippen LogP contribution in [0.5, 0.6) is 5.75 Å². The Hall–Kier alpha value is -3.45. The summed E-state index contributed by atoms with van der Waals surface area (Å²) in [7, 11) is -9.16. The van der Waals surface area contributed by atoms with Gasteiger partial charge in [-0.3, -0.25) is 4.79 Å². The molecule has 0 fully saturated rings. The minimum atomic E-state index is -5.10. The molecule has 2 aromatic rings. The third-order valence-corrected chi connectivity index (χ3v) is 6.67. The Morgan fingerprint density at radius 1 is 0.853 bits per heavy atom. The molecule has 184 valence electrons. The van der Waals surface area contributed by atoms with E-state index in [9.17, 15) is 31.2 Å². The molecular formula is C21H23NO10S2. The quantitative estimate of drug-likeness (QED) is 0.332. The fourth-order valence-corrected chi connectivity index (χ4v) is 5.23. The number of amides is 1. The second kappa shape index (κ2) is 9.81. The zero-order chi connectivity index (χ0) is 25.9. The summed E-state index contributed by atoms with van der Waals surface area (Å²) in [6, 6.07) is 9.72. The van der Waals surface area contributed by atoms with E-state index in [1.165, 1.54) is 57.2 Å². The van der Waals surface area contributed by atoms with Gasteiger partial charge in [-0.15, -0.1) is 0 Å². The number of hydrogen-bond acceptors (Lipinski definition) is 10. The zero-order valence-corrected chi connectivity index (χ0v) is 20.6. The maximum absolute atomic E-state index is 13.4. The van der Waals surface area contributed by atoms with Gasteiger partial charge in [-0.25, -0.2) is 18.0 Å². The first-order chi connectivity index (χ1) is 15.5. The predicted octanol–water partition coefficient (Wildman–Crippen LogP) is 2.71. The molecule has 0 unspecified atom stereocenters. The number of carbonyl (C=O) groups is 3. The molecule has 1 amide bonds. The molecule has 0 saturated carbocycles. The second-order valence-electron chi connectivity index (χ2n) is 7.90. The van der Waals surface area contributed by atoms with Crippen LogP contribution in [0, 0.1) is 0 Å². The number of benzene rings is 2. The maximum Gasteiger partial charge on any atom is 0.459 e. The standard InChI is InChI=1S/C21H23NO10S2/c1-14(23)30-16-11-7-6-10-15(16)19(24)32-22(20(25)31-21(2,3)4)34(28,29)18-13-9-8-12-17(18)33(5,26)27/h6-13H,1-5H3. The first kappa shape index (κ1) is 26.8. The van der Waals surface area contributed by atoms with E-state index in [1.54, 1.807) is 0 Å². The highest BCUT2D eigenvalue weighted by Crippen LogP contribution is 2.27. The van der Waals surface area contributed by atoms with Crippen LogP contribution in [-0.4, -0.2) is 51.2 Å². The number of nitrogens with zero attached hydrogens (tertiary/aromatic N) is 1. The van der Waals surface area contributed by atoms with Gasteiger partial charge in [0.05, 0.1) is 4.90 Å². The minimum Gasteiger partial charge on any atom is -0.441 e. The molecule has 34 heavy (non-hydrogen) atoms. The molecule has 0 aliphatic rings. The number of sulfone groups is 1. The Morgan fingerprint density at radius 2 is 1.38 bits per heavy atom. The van der Waals surface area contributed by atoms with Crippen molar-refractivity contribution < 1.29 is 45.5 Å². The number of carbonyl (C=O) groups excluding carboxylic acids is 3. The van der Waals surface area contributed by atoms with E-state index in [1.807, 2.05) is 0 Å². The Bertz CT molecular complexity index is 1330. The molecule has 0 aromatic heterocycles. The number of ether oxygens (including phenoxy) is 2. The number of rotatable bonds is 5. The van der Waals surface area contributed by atoms with Crippen molar-refractivity contribution in [2.24, 2.45) is 0 Å². The summed E-state index contributed by atoms with van der Waals surface area (Å²) in [4.78, 5) is 40.4. The van der Waals surface area contributed by atoms with Gasteiger partial charge in [0.25, 0.3) is 0 Å². The fraction of sp³-hybridized carbons (Fsp3) is 0.286. The maximum atomic E-state index is 13.4. The molecule has 0 atom stereocenters. The Kier molecular flexibility index (Phi) is 7.73. The summed E-state index contributed by atoms with van der Waals surface area (Å²) in [6.07, 6.45) is -0.824. The van der Waals surface area contributed by atoms with Crippen LogP contribution in [0.3, 0.4) is 0 Å². The van der Waals surface area contributed by atoms with Crippen LogP contribution in [0.15, 0.2) is 58.3 Å². The summed E-state index contributed by atoms with van der Waals surface area (Å²) in [6.45, 7) is 5.41. The van der Waals surface area contributed by atoms with E-state index in [0.29, 0.717) is 0 Å². The Labute approximate surface area is 197 Å². The lowest BCUT2D eigenvalue weighted by Crippen LogP contribution is -2.42. The van der Waals surface area contributed by atoms with E-state index in [0.717, 1.165) is 25.3 Å². The van der Waals surface area contributed by atoms with Crippen LogP contribution in [0.25, 0.3) is 0 Å². The van der Waals surface area contributed by atoms with Gasteiger partial charge in [0, 0.05) is 13.2 Å². The predicted molar refractivity (Wildman–Crippen MR) is 118 cm³/mol. The average Bonchev–Trinajstić information content (AvgIpc) is 2.69. The largest absolute Gasteiger partial charge is 0.459 e.